The Kier molecular flexibility index (Phi) is 5.03. The average Bonchev–Trinajstić information content (AvgIpc) is 2.15. The highest BCUT2D eigenvalue weighted by molar-refractivity contribution is 4.80. The molecule has 0 bridgehead atoms. The highest BCUT2D eigenvalue weighted by Gasteiger charge is 2.21. The molecule has 1 unspecified atom stereocenters. The summed E-state index contributed by atoms with van der Waals surface area (Å²) in [4.78, 5) is 2.41. The van der Waals surface area contributed by atoms with Crippen molar-refractivity contribution in [1.29, 1.82) is 0 Å². The lowest BCUT2D eigenvalue weighted by Gasteiger charge is -2.33. The number of piperidine rings is 1. The van der Waals surface area contributed by atoms with Crippen LogP contribution < -0.4 is 5.32 Å². The third kappa shape index (κ3) is 4.96. The monoisotopic (exact) mass is 214 g/mol. The van der Waals surface area contributed by atoms with Gasteiger partial charge in [-0.15, -0.1) is 0 Å². The second-order valence-corrected chi connectivity index (χ2v) is 5.51. The Morgan fingerprint density at radius 3 is 2.80 bits per heavy atom. The van der Waals surface area contributed by atoms with E-state index in [0.29, 0.717) is 0 Å². The fourth-order valence-electron chi connectivity index (χ4n) is 2.23. The van der Waals surface area contributed by atoms with Crippen molar-refractivity contribution in [3.05, 3.63) is 0 Å². The maximum Gasteiger partial charge on any atom is 0.0448 e. The topological polar surface area (TPSA) is 35.5 Å². The molecule has 0 radical (unpaired) electrons. The molecule has 0 aromatic heterocycles. The van der Waals surface area contributed by atoms with Gasteiger partial charge in [-0.3, -0.25) is 0 Å². The lowest BCUT2D eigenvalue weighted by Crippen LogP contribution is -2.45. The summed E-state index contributed by atoms with van der Waals surface area (Å²) in [5, 5.41) is 12.5. The molecule has 1 atom stereocenters. The quantitative estimate of drug-likeness (QED) is 0.719. The maximum absolute atomic E-state index is 8.93. The van der Waals surface area contributed by atoms with E-state index < -0.39 is 0 Å². The van der Waals surface area contributed by atoms with Gasteiger partial charge in [0.2, 0.25) is 0 Å². The Morgan fingerprint density at radius 2 is 2.20 bits per heavy atom. The number of hydrogen-bond donors (Lipinski definition) is 2. The van der Waals surface area contributed by atoms with Gasteiger partial charge in [0.15, 0.2) is 0 Å². The van der Waals surface area contributed by atoms with E-state index >= 15 is 0 Å². The molecule has 2 N–H and O–H groups in total. The molecule has 0 aromatic carbocycles. The third-order valence-electron chi connectivity index (χ3n) is 3.33. The van der Waals surface area contributed by atoms with Crippen LogP contribution in [0.1, 0.15) is 33.1 Å². The Morgan fingerprint density at radius 1 is 1.47 bits per heavy atom. The summed E-state index contributed by atoms with van der Waals surface area (Å²) in [7, 11) is 2.20. The van der Waals surface area contributed by atoms with E-state index in [0.717, 1.165) is 18.9 Å². The van der Waals surface area contributed by atoms with Gasteiger partial charge in [-0.2, -0.15) is 0 Å². The fraction of sp³-hybridized carbons (Fsp3) is 1.00. The van der Waals surface area contributed by atoms with Crippen LogP contribution in [0.5, 0.6) is 0 Å². The number of nitrogens with zero attached hydrogens (tertiary/aromatic N) is 1. The van der Waals surface area contributed by atoms with E-state index in [1.807, 2.05) is 0 Å². The first kappa shape index (κ1) is 12.9. The minimum Gasteiger partial charge on any atom is -0.396 e. The number of nitrogens with one attached hydrogen (secondary N) is 1. The van der Waals surface area contributed by atoms with Crippen molar-refractivity contribution in [2.75, 3.05) is 33.3 Å². The predicted octanol–water partition coefficient (Wildman–Crippen LogP) is 1.08. The number of aliphatic hydroxyl groups is 1. The number of likely N-dealkylation sites (tertiary alicyclic amines) is 1. The molecule has 15 heavy (non-hydrogen) atoms. The summed E-state index contributed by atoms with van der Waals surface area (Å²) in [5.41, 5.74) is 0.0742. The van der Waals surface area contributed by atoms with E-state index in [4.69, 9.17) is 5.11 Å². The first-order chi connectivity index (χ1) is 7.03. The molecule has 1 aliphatic rings. The van der Waals surface area contributed by atoms with Crippen LogP contribution in [-0.2, 0) is 0 Å². The third-order valence-corrected chi connectivity index (χ3v) is 3.33. The van der Waals surface area contributed by atoms with Gasteiger partial charge in [0.05, 0.1) is 0 Å². The minimum atomic E-state index is 0.0742. The van der Waals surface area contributed by atoms with Crippen LogP contribution in [0.3, 0.4) is 0 Å². The van der Waals surface area contributed by atoms with Crippen LogP contribution in [-0.4, -0.2) is 48.8 Å². The van der Waals surface area contributed by atoms with E-state index in [2.05, 4.69) is 31.1 Å². The van der Waals surface area contributed by atoms with Crippen LogP contribution in [0.25, 0.3) is 0 Å². The molecule has 3 nitrogen and oxygen atoms in total. The molecule has 0 aromatic rings. The van der Waals surface area contributed by atoms with Crippen molar-refractivity contribution in [2.24, 2.45) is 5.92 Å². The zero-order chi connectivity index (χ0) is 11.3. The lowest BCUT2D eigenvalue weighted by atomic mass is 9.95. The van der Waals surface area contributed by atoms with Gasteiger partial charge in [-0.1, -0.05) is 0 Å². The molecule has 3 heteroatoms. The van der Waals surface area contributed by atoms with Gasteiger partial charge >= 0.3 is 0 Å². The molecule has 1 heterocycles. The Hall–Kier alpha value is -0.120. The van der Waals surface area contributed by atoms with Crippen LogP contribution >= 0.6 is 0 Å². The standard InChI is InChI=1S/C12H26N2O/c1-12(2,6-8-15)13-9-11-5-4-7-14(3)10-11/h11,13,15H,4-10H2,1-3H3. The summed E-state index contributed by atoms with van der Waals surface area (Å²) >= 11 is 0. The van der Waals surface area contributed by atoms with Gasteiger partial charge in [-0.05, 0) is 59.2 Å². The van der Waals surface area contributed by atoms with Crippen LogP contribution in [0.4, 0.5) is 0 Å². The summed E-state index contributed by atoms with van der Waals surface area (Å²) in [6.45, 7) is 8.13. The van der Waals surface area contributed by atoms with Crippen molar-refractivity contribution in [3.8, 4) is 0 Å². The number of aliphatic hydroxyl groups excluding tert-OH is 1. The molecule has 1 rings (SSSR count). The molecule has 0 amide bonds. The van der Waals surface area contributed by atoms with Gasteiger partial charge in [-0.25, -0.2) is 0 Å². The summed E-state index contributed by atoms with van der Waals surface area (Å²) in [6.07, 6.45) is 3.49. The van der Waals surface area contributed by atoms with Gasteiger partial charge in [0.1, 0.15) is 0 Å². The van der Waals surface area contributed by atoms with Crippen molar-refractivity contribution in [3.63, 3.8) is 0 Å². The smallest absolute Gasteiger partial charge is 0.0448 e. The molecule has 0 aliphatic carbocycles. The highest BCUT2D eigenvalue weighted by Crippen LogP contribution is 2.16. The van der Waals surface area contributed by atoms with Gasteiger partial charge in [0, 0.05) is 18.7 Å². The first-order valence-electron chi connectivity index (χ1n) is 6.08. The highest BCUT2D eigenvalue weighted by atomic mass is 16.3. The molecule has 1 fully saturated rings. The van der Waals surface area contributed by atoms with E-state index in [-0.39, 0.29) is 12.1 Å². The SMILES string of the molecule is CN1CCCC(CNC(C)(C)CCO)C1. The fourth-order valence-corrected chi connectivity index (χ4v) is 2.23. The zero-order valence-corrected chi connectivity index (χ0v) is 10.4. The zero-order valence-electron chi connectivity index (χ0n) is 10.4. The van der Waals surface area contributed by atoms with E-state index in [9.17, 15) is 0 Å². The average molecular weight is 214 g/mol. The Bertz CT molecular complexity index is 182. The van der Waals surface area contributed by atoms with Gasteiger partial charge in [0.25, 0.3) is 0 Å². The Labute approximate surface area is 93.9 Å². The summed E-state index contributed by atoms with van der Waals surface area (Å²) < 4.78 is 0. The molecule has 1 aliphatic heterocycles. The van der Waals surface area contributed by atoms with Crippen molar-refractivity contribution >= 4 is 0 Å². The van der Waals surface area contributed by atoms with E-state index in [1.165, 1.54) is 25.9 Å². The maximum atomic E-state index is 8.93. The molecule has 0 spiro atoms. The van der Waals surface area contributed by atoms with Crippen molar-refractivity contribution < 1.29 is 5.11 Å². The summed E-state index contributed by atoms with van der Waals surface area (Å²) in [6, 6.07) is 0. The van der Waals surface area contributed by atoms with Crippen molar-refractivity contribution in [2.45, 2.75) is 38.6 Å². The molecule has 90 valence electrons. The molecular formula is C12H26N2O. The minimum absolute atomic E-state index is 0.0742. The Balaban J connectivity index is 2.23. The first-order valence-corrected chi connectivity index (χ1v) is 6.08. The van der Waals surface area contributed by atoms with Crippen molar-refractivity contribution in [1.82, 2.24) is 10.2 Å². The lowest BCUT2D eigenvalue weighted by molar-refractivity contribution is 0.182. The van der Waals surface area contributed by atoms with Gasteiger partial charge < -0.3 is 15.3 Å². The van der Waals surface area contributed by atoms with Crippen LogP contribution in [0.2, 0.25) is 0 Å². The largest absolute Gasteiger partial charge is 0.396 e. The second kappa shape index (κ2) is 5.83. The molecule has 1 saturated heterocycles. The summed E-state index contributed by atoms with van der Waals surface area (Å²) in [5.74, 6) is 0.779. The predicted molar refractivity (Wildman–Crippen MR) is 64.0 cm³/mol. The normalized spacial score (nSPS) is 24.4. The van der Waals surface area contributed by atoms with E-state index in [1.54, 1.807) is 0 Å². The number of rotatable bonds is 5. The number of hydrogen-bond acceptors (Lipinski definition) is 3. The molecule has 0 saturated carbocycles. The van der Waals surface area contributed by atoms with Crippen LogP contribution in [0.15, 0.2) is 0 Å². The van der Waals surface area contributed by atoms with Crippen LogP contribution in [0, 0.1) is 5.92 Å². The second-order valence-electron chi connectivity index (χ2n) is 5.51. The molecular weight excluding hydrogens is 188 g/mol.